The highest BCUT2D eigenvalue weighted by Gasteiger charge is 2.55. The quantitative estimate of drug-likeness (QED) is 0.337. The number of aliphatic hydroxyl groups is 1. The van der Waals surface area contributed by atoms with Crippen molar-refractivity contribution in [3.63, 3.8) is 0 Å². The van der Waals surface area contributed by atoms with Crippen LogP contribution in [0.15, 0.2) is 73.2 Å². The number of rotatable bonds is 6. The van der Waals surface area contributed by atoms with Gasteiger partial charge in [0.05, 0.1) is 4.88 Å². The van der Waals surface area contributed by atoms with Gasteiger partial charge in [-0.1, -0.05) is 41.6 Å². The zero-order valence-electron chi connectivity index (χ0n) is 17.7. The van der Waals surface area contributed by atoms with Gasteiger partial charge in [0.1, 0.15) is 11.2 Å². The second-order valence-corrected chi connectivity index (χ2v) is 11.3. The summed E-state index contributed by atoms with van der Waals surface area (Å²) in [5.74, 6) is 0.784. The van der Waals surface area contributed by atoms with Crippen molar-refractivity contribution in [3.8, 4) is 11.1 Å². The Labute approximate surface area is 194 Å². The molecule has 4 aromatic rings. The fourth-order valence-electron chi connectivity index (χ4n) is 4.63. The van der Waals surface area contributed by atoms with Crippen LogP contribution >= 0.6 is 23.1 Å². The summed E-state index contributed by atoms with van der Waals surface area (Å²) in [7, 11) is 0. The van der Waals surface area contributed by atoms with E-state index in [9.17, 15) is 9.90 Å². The van der Waals surface area contributed by atoms with Gasteiger partial charge in [0, 0.05) is 22.5 Å². The van der Waals surface area contributed by atoms with Crippen molar-refractivity contribution < 1.29 is 9.52 Å². The molecule has 0 atom stereocenters. The van der Waals surface area contributed by atoms with Crippen molar-refractivity contribution in [1.29, 1.82) is 0 Å². The van der Waals surface area contributed by atoms with E-state index in [0.29, 0.717) is 17.4 Å². The lowest BCUT2D eigenvalue weighted by molar-refractivity contribution is -0.00681. The van der Waals surface area contributed by atoms with Crippen LogP contribution in [0.3, 0.4) is 0 Å². The minimum absolute atomic E-state index is 0.355. The molecule has 0 unspecified atom stereocenters. The van der Waals surface area contributed by atoms with Crippen molar-refractivity contribution in [3.05, 3.63) is 75.6 Å². The molecule has 2 aromatic heterocycles. The SMILES string of the molecule is Cc1cccc(-c2cc(=O)oc3cc(Sc4ncc(C(O)(C5CC5)C5CC5)s4)ccc23)c1. The van der Waals surface area contributed by atoms with Gasteiger partial charge in [0.25, 0.3) is 0 Å². The van der Waals surface area contributed by atoms with Crippen LogP contribution in [0.4, 0.5) is 0 Å². The molecule has 1 N–H and O–H groups in total. The van der Waals surface area contributed by atoms with E-state index in [-0.39, 0.29) is 5.63 Å². The molecule has 0 amide bonds. The molecular formula is C26H23NO3S2. The molecule has 2 aliphatic rings. The third kappa shape index (κ3) is 3.60. The third-order valence-electron chi connectivity index (χ3n) is 6.53. The second kappa shape index (κ2) is 7.58. The van der Waals surface area contributed by atoms with Gasteiger partial charge >= 0.3 is 5.63 Å². The Kier molecular flexibility index (Phi) is 4.79. The van der Waals surface area contributed by atoms with Crippen LogP contribution in [-0.2, 0) is 5.60 Å². The Morgan fingerprint density at radius 1 is 1.09 bits per heavy atom. The molecule has 2 fully saturated rings. The number of hydrogen-bond acceptors (Lipinski definition) is 6. The molecule has 0 saturated heterocycles. The van der Waals surface area contributed by atoms with Crippen molar-refractivity contribution in [2.75, 3.05) is 0 Å². The topological polar surface area (TPSA) is 63.3 Å². The first kappa shape index (κ1) is 20.2. The van der Waals surface area contributed by atoms with Gasteiger partial charge < -0.3 is 9.52 Å². The summed E-state index contributed by atoms with van der Waals surface area (Å²) in [5.41, 5.74) is 2.57. The van der Waals surface area contributed by atoms with Crippen LogP contribution in [0.2, 0.25) is 0 Å². The maximum atomic E-state index is 12.3. The summed E-state index contributed by atoms with van der Waals surface area (Å²) < 4.78 is 6.44. The summed E-state index contributed by atoms with van der Waals surface area (Å²) in [5, 5.41) is 12.3. The Balaban J connectivity index is 1.33. The summed E-state index contributed by atoms with van der Waals surface area (Å²) in [6.07, 6.45) is 6.31. The minimum atomic E-state index is -0.685. The van der Waals surface area contributed by atoms with E-state index in [4.69, 9.17) is 4.42 Å². The van der Waals surface area contributed by atoms with E-state index in [0.717, 1.165) is 61.9 Å². The Morgan fingerprint density at radius 3 is 2.59 bits per heavy atom. The maximum absolute atomic E-state index is 12.3. The molecule has 0 radical (unpaired) electrons. The highest BCUT2D eigenvalue weighted by molar-refractivity contribution is 8.01. The van der Waals surface area contributed by atoms with Gasteiger partial charge in [0.15, 0.2) is 4.34 Å². The van der Waals surface area contributed by atoms with Crippen molar-refractivity contribution >= 4 is 34.1 Å². The summed E-state index contributed by atoms with van der Waals surface area (Å²) in [4.78, 5) is 18.8. The molecule has 0 aliphatic heterocycles. The third-order valence-corrected chi connectivity index (χ3v) is 8.73. The maximum Gasteiger partial charge on any atom is 0.336 e. The fraction of sp³-hybridized carbons (Fsp3) is 0.308. The number of fused-ring (bicyclic) bond motifs is 1. The minimum Gasteiger partial charge on any atom is -0.423 e. The molecule has 2 heterocycles. The number of nitrogens with zero attached hydrogens (tertiary/aromatic N) is 1. The number of aromatic nitrogens is 1. The molecule has 162 valence electrons. The van der Waals surface area contributed by atoms with Crippen LogP contribution in [0.5, 0.6) is 0 Å². The van der Waals surface area contributed by atoms with E-state index in [1.807, 2.05) is 49.5 Å². The summed E-state index contributed by atoms with van der Waals surface area (Å²) in [6, 6.07) is 15.7. The number of hydrogen-bond donors (Lipinski definition) is 1. The smallest absolute Gasteiger partial charge is 0.336 e. The van der Waals surface area contributed by atoms with E-state index >= 15 is 0 Å². The second-order valence-electron chi connectivity index (χ2n) is 8.97. The molecular weight excluding hydrogens is 438 g/mol. The standard InChI is InChI=1S/C26H23NO3S2/c1-15-3-2-4-16(11-15)21-13-24(28)30-22-12-19(9-10-20(21)22)31-25-27-14-23(32-25)26(29,17-5-6-17)18-7-8-18/h2-4,9-14,17-18,29H,5-8H2,1H3. The Hall–Kier alpha value is -2.41. The zero-order valence-corrected chi connectivity index (χ0v) is 19.3. The molecule has 0 bridgehead atoms. The van der Waals surface area contributed by atoms with Crippen LogP contribution in [0.25, 0.3) is 22.1 Å². The lowest BCUT2D eigenvalue weighted by atomic mass is 9.90. The first-order chi connectivity index (χ1) is 15.5. The van der Waals surface area contributed by atoms with Crippen LogP contribution in [0.1, 0.15) is 36.1 Å². The average molecular weight is 462 g/mol. The highest BCUT2D eigenvalue weighted by atomic mass is 32.2. The summed E-state index contributed by atoms with van der Waals surface area (Å²) in [6.45, 7) is 2.04. The van der Waals surface area contributed by atoms with E-state index < -0.39 is 5.60 Å². The van der Waals surface area contributed by atoms with Gasteiger partial charge in [-0.25, -0.2) is 9.78 Å². The zero-order chi connectivity index (χ0) is 21.9. The first-order valence-electron chi connectivity index (χ1n) is 11.0. The van der Waals surface area contributed by atoms with Crippen LogP contribution < -0.4 is 5.63 Å². The molecule has 2 aromatic carbocycles. The first-order valence-corrected chi connectivity index (χ1v) is 12.7. The lowest BCUT2D eigenvalue weighted by Gasteiger charge is -2.26. The van der Waals surface area contributed by atoms with Crippen LogP contribution in [0, 0.1) is 18.8 Å². The number of thiazole rings is 1. The van der Waals surface area contributed by atoms with Gasteiger partial charge in [-0.3, -0.25) is 0 Å². The van der Waals surface area contributed by atoms with Crippen molar-refractivity contribution in [1.82, 2.24) is 4.98 Å². The number of benzene rings is 2. The van der Waals surface area contributed by atoms with Crippen molar-refractivity contribution in [2.24, 2.45) is 11.8 Å². The molecule has 4 nitrogen and oxygen atoms in total. The Morgan fingerprint density at radius 2 is 1.88 bits per heavy atom. The van der Waals surface area contributed by atoms with E-state index in [2.05, 4.69) is 11.1 Å². The Bertz CT molecular complexity index is 1370. The molecule has 6 heteroatoms. The van der Waals surface area contributed by atoms with Gasteiger partial charge in [0.2, 0.25) is 0 Å². The van der Waals surface area contributed by atoms with Gasteiger partial charge in [-0.2, -0.15) is 0 Å². The largest absolute Gasteiger partial charge is 0.423 e. The average Bonchev–Trinajstić information content (AvgIpc) is 3.70. The fourth-order valence-corrected chi connectivity index (χ4v) is 6.86. The molecule has 0 spiro atoms. The molecule has 2 aliphatic carbocycles. The van der Waals surface area contributed by atoms with E-state index in [1.54, 1.807) is 29.2 Å². The monoisotopic (exact) mass is 461 g/mol. The molecule has 6 rings (SSSR count). The van der Waals surface area contributed by atoms with Crippen molar-refractivity contribution in [2.45, 2.75) is 47.4 Å². The van der Waals surface area contributed by atoms with Gasteiger partial charge in [-0.15, -0.1) is 11.3 Å². The van der Waals surface area contributed by atoms with E-state index in [1.165, 1.54) is 0 Å². The highest BCUT2D eigenvalue weighted by Crippen LogP contribution is 2.58. The predicted octanol–water partition coefficient (Wildman–Crippen LogP) is 6.38. The van der Waals surface area contributed by atoms with Gasteiger partial charge in [-0.05, 0) is 73.8 Å². The molecule has 2 saturated carbocycles. The number of aryl methyl sites for hydroxylation is 1. The summed E-state index contributed by atoms with van der Waals surface area (Å²) >= 11 is 3.14. The normalized spacial score (nSPS) is 16.6. The lowest BCUT2D eigenvalue weighted by Crippen LogP contribution is -2.29. The molecule has 32 heavy (non-hydrogen) atoms. The van der Waals surface area contributed by atoms with Crippen LogP contribution in [-0.4, -0.2) is 10.1 Å². The predicted molar refractivity (Wildman–Crippen MR) is 128 cm³/mol.